The monoisotopic (exact) mass is 1030 g/mol. The predicted molar refractivity (Wildman–Crippen MR) is 338 cm³/mol. The molecule has 16 aromatic rings. The molecule has 2 aromatic heterocycles. The van der Waals surface area contributed by atoms with Gasteiger partial charge >= 0.3 is 0 Å². The highest BCUT2D eigenvalue weighted by Gasteiger charge is 2.48. The molecule has 0 unspecified atom stereocenters. The molecule has 4 heteroatoms. The zero-order valence-electron chi connectivity index (χ0n) is 43.9. The summed E-state index contributed by atoms with van der Waals surface area (Å²) in [5, 5.41) is 13.9. The topological polar surface area (TPSA) is 32.8 Å². The van der Waals surface area contributed by atoms with Crippen molar-refractivity contribution in [2.24, 2.45) is 0 Å². The summed E-state index contributed by atoms with van der Waals surface area (Å²) in [7, 11) is 0. The number of rotatable bonds is 8. The molecule has 0 N–H and O–H groups in total. The smallest absolute Gasteiger partial charge is 0.159 e. The number of hydrogen-bond donors (Lipinski definition) is 0. The van der Waals surface area contributed by atoms with E-state index in [9.17, 15) is 0 Å². The molecule has 0 radical (unpaired) electrons. The van der Waals surface area contributed by atoms with Crippen molar-refractivity contribution in [2.75, 3.05) is 9.80 Å². The van der Waals surface area contributed by atoms with Crippen LogP contribution in [0, 0.1) is 0 Å². The van der Waals surface area contributed by atoms with E-state index in [0.717, 1.165) is 88.8 Å². The average molecular weight is 1030 g/mol. The Balaban J connectivity index is 0.877. The van der Waals surface area contributed by atoms with E-state index in [2.05, 4.69) is 301 Å². The lowest BCUT2D eigenvalue weighted by atomic mass is 9.66. The molecule has 81 heavy (non-hydrogen) atoms. The van der Waals surface area contributed by atoms with Gasteiger partial charge < -0.3 is 18.6 Å². The first-order valence-electron chi connectivity index (χ1n) is 27.8. The maximum atomic E-state index is 6.92. The Morgan fingerprint density at radius 3 is 1.09 bits per heavy atom. The maximum absolute atomic E-state index is 6.92. The third kappa shape index (κ3) is 6.65. The fourth-order valence-electron chi connectivity index (χ4n) is 13.9. The second-order valence-corrected chi connectivity index (χ2v) is 21.4. The summed E-state index contributed by atoms with van der Waals surface area (Å²) in [6.07, 6.45) is 0. The first kappa shape index (κ1) is 45.3. The van der Waals surface area contributed by atoms with E-state index in [-0.39, 0.29) is 0 Å². The van der Waals surface area contributed by atoms with Gasteiger partial charge in [0, 0.05) is 44.3 Å². The molecule has 0 amide bonds. The van der Waals surface area contributed by atoms with Crippen molar-refractivity contribution in [3.05, 3.63) is 313 Å². The van der Waals surface area contributed by atoms with Gasteiger partial charge in [0.05, 0.1) is 16.8 Å². The van der Waals surface area contributed by atoms with Crippen LogP contribution in [0.5, 0.6) is 0 Å². The van der Waals surface area contributed by atoms with Crippen LogP contribution < -0.4 is 9.80 Å². The van der Waals surface area contributed by atoms with Gasteiger partial charge in [-0.05, 0) is 149 Å². The Bertz CT molecular complexity index is 4850. The van der Waals surface area contributed by atoms with Crippen molar-refractivity contribution in [1.29, 1.82) is 0 Å². The lowest BCUT2D eigenvalue weighted by Gasteiger charge is -2.35. The molecule has 14 aromatic carbocycles. The highest BCUT2D eigenvalue weighted by atomic mass is 16.3. The molecule has 0 saturated heterocycles. The predicted octanol–water partition coefficient (Wildman–Crippen LogP) is 21.4. The maximum Gasteiger partial charge on any atom is 0.159 e. The molecule has 4 nitrogen and oxygen atoms in total. The van der Waals surface area contributed by atoms with Crippen molar-refractivity contribution in [3.8, 4) is 11.1 Å². The standard InChI is InChI=1S/C77H48N2O2/c1-5-21-53(22-6-1)77(54-23-7-2-8-24-54)73-61-43-39-57(78(55-25-9-3-10-26-55)67-33-17-31-65-71-59-29-15-13-19-49(59)37-45-69(71)80-75(65)67)47-51(61)35-41-63(73)64-42-36-52-48-58(40-44-62(52)74(64)77)79(56-27-11-4-12-28-56)68-34-18-32-66-72-60-30-16-14-20-50(60)38-46-70(72)81-76(66)68/h1-48H. The van der Waals surface area contributed by atoms with Gasteiger partial charge in [0.15, 0.2) is 11.2 Å². The van der Waals surface area contributed by atoms with E-state index >= 15 is 0 Å². The van der Waals surface area contributed by atoms with Gasteiger partial charge in [-0.2, -0.15) is 0 Å². The molecule has 0 bridgehead atoms. The number of anilines is 6. The number of hydrogen-bond acceptors (Lipinski definition) is 4. The molecular formula is C77H48N2O2. The summed E-state index contributed by atoms with van der Waals surface area (Å²) in [6.45, 7) is 0. The lowest BCUT2D eigenvalue weighted by Crippen LogP contribution is -2.29. The molecule has 0 atom stereocenters. The van der Waals surface area contributed by atoms with Crippen LogP contribution in [0.15, 0.2) is 300 Å². The summed E-state index contributed by atoms with van der Waals surface area (Å²) in [5.74, 6) is 0. The number of fused-ring (bicyclic) bond motifs is 17. The van der Waals surface area contributed by atoms with Crippen molar-refractivity contribution in [2.45, 2.75) is 5.41 Å². The Kier molecular flexibility index (Phi) is 9.89. The first-order valence-corrected chi connectivity index (χ1v) is 27.8. The zero-order valence-corrected chi connectivity index (χ0v) is 43.9. The van der Waals surface area contributed by atoms with Crippen molar-refractivity contribution < 1.29 is 8.83 Å². The summed E-state index contributed by atoms with van der Waals surface area (Å²) in [6, 6.07) is 106. The zero-order chi connectivity index (χ0) is 53.2. The summed E-state index contributed by atoms with van der Waals surface area (Å²) < 4.78 is 13.8. The average Bonchev–Trinajstić information content (AvgIpc) is 3.11. The van der Waals surface area contributed by atoms with Gasteiger partial charge in [-0.15, -0.1) is 0 Å². The fraction of sp³-hybridized carbons (Fsp3) is 0.0130. The third-order valence-corrected chi connectivity index (χ3v) is 17.2. The first-order chi connectivity index (χ1) is 40.2. The molecule has 0 fully saturated rings. The van der Waals surface area contributed by atoms with Gasteiger partial charge in [-0.3, -0.25) is 0 Å². The van der Waals surface area contributed by atoms with Crippen LogP contribution in [-0.2, 0) is 5.41 Å². The van der Waals surface area contributed by atoms with Gasteiger partial charge in [-0.1, -0.05) is 218 Å². The summed E-state index contributed by atoms with van der Waals surface area (Å²) >= 11 is 0. The minimum absolute atomic E-state index is 0.696. The van der Waals surface area contributed by atoms with E-state index < -0.39 is 5.41 Å². The normalized spacial score (nSPS) is 12.8. The molecular weight excluding hydrogens is 985 g/mol. The molecule has 1 aliphatic rings. The van der Waals surface area contributed by atoms with E-state index in [1.54, 1.807) is 0 Å². The van der Waals surface area contributed by atoms with Gasteiger partial charge in [0.1, 0.15) is 11.2 Å². The Morgan fingerprint density at radius 2 is 0.642 bits per heavy atom. The van der Waals surface area contributed by atoms with Gasteiger partial charge in [0.25, 0.3) is 0 Å². The minimum Gasteiger partial charge on any atom is -0.454 e. The van der Waals surface area contributed by atoms with Crippen LogP contribution in [0.3, 0.4) is 0 Å². The van der Waals surface area contributed by atoms with Crippen molar-refractivity contribution in [1.82, 2.24) is 0 Å². The highest BCUT2D eigenvalue weighted by Crippen LogP contribution is 2.61. The number of nitrogens with zero attached hydrogens (tertiary/aromatic N) is 2. The van der Waals surface area contributed by atoms with Crippen LogP contribution >= 0.6 is 0 Å². The Hall–Kier alpha value is -10.7. The third-order valence-electron chi connectivity index (χ3n) is 17.2. The Morgan fingerprint density at radius 1 is 0.259 bits per heavy atom. The second-order valence-electron chi connectivity index (χ2n) is 21.4. The van der Waals surface area contributed by atoms with Gasteiger partial charge in [0.2, 0.25) is 0 Å². The molecule has 1 aliphatic carbocycles. The number of benzene rings is 14. The van der Waals surface area contributed by atoms with E-state index in [1.807, 2.05) is 0 Å². The van der Waals surface area contributed by atoms with Gasteiger partial charge in [-0.25, -0.2) is 0 Å². The molecule has 0 spiro atoms. The van der Waals surface area contributed by atoms with Crippen LogP contribution in [0.4, 0.5) is 34.1 Å². The molecule has 378 valence electrons. The molecule has 0 aliphatic heterocycles. The lowest BCUT2D eigenvalue weighted by molar-refractivity contribution is 0.669. The largest absolute Gasteiger partial charge is 0.454 e. The van der Waals surface area contributed by atoms with Crippen molar-refractivity contribution in [3.63, 3.8) is 0 Å². The quantitative estimate of drug-likeness (QED) is 0.152. The van der Waals surface area contributed by atoms with Crippen molar-refractivity contribution >= 4 is 121 Å². The van der Waals surface area contributed by atoms with E-state index in [1.165, 1.54) is 65.7 Å². The molecule has 17 rings (SSSR count). The highest BCUT2D eigenvalue weighted by molar-refractivity contribution is 6.22. The summed E-state index contributed by atoms with van der Waals surface area (Å²) in [4.78, 5) is 4.72. The summed E-state index contributed by atoms with van der Waals surface area (Å²) in [5.41, 5.74) is 16.4. The molecule has 0 saturated carbocycles. The second kappa shape index (κ2) is 17.7. The Labute approximate surface area is 467 Å². The van der Waals surface area contributed by atoms with E-state index in [0.29, 0.717) is 0 Å². The van der Waals surface area contributed by atoms with Crippen LogP contribution in [0.1, 0.15) is 22.3 Å². The van der Waals surface area contributed by atoms with Crippen LogP contribution in [-0.4, -0.2) is 0 Å². The van der Waals surface area contributed by atoms with Crippen LogP contribution in [0.25, 0.3) is 98.1 Å². The fourth-order valence-corrected chi connectivity index (χ4v) is 13.9. The SMILES string of the molecule is c1ccc(N(c2ccc3c4c(ccc3c2)-c2ccc3cc(N(c5ccccc5)c5cccc6c5oc5ccc7ccccc7c56)ccc3c2C4(c2ccccc2)c2ccccc2)c2cccc3c2oc2ccc4ccccc4c23)cc1. The van der Waals surface area contributed by atoms with Crippen LogP contribution in [0.2, 0.25) is 0 Å². The number of para-hydroxylation sites is 4. The number of furan rings is 2. The minimum atomic E-state index is -0.696. The molecule has 2 heterocycles. The van der Waals surface area contributed by atoms with E-state index in [4.69, 9.17) is 8.83 Å².